The lowest BCUT2D eigenvalue weighted by molar-refractivity contribution is 0.605. The van der Waals surface area contributed by atoms with Gasteiger partial charge >= 0.3 is 0 Å². The first-order chi connectivity index (χ1) is 10.8. The highest BCUT2D eigenvalue weighted by molar-refractivity contribution is 5.63. The zero-order chi connectivity index (χ0) is 15.6. The molecule has 1 aromatic heterocycles. The molecule has 0 aliphatic heterocycles. The van der Waals surface area contributed by atoms with Gasteiger partial charge in [0.05, 0.1) is 11.6 Å². The normalized spacial score (nSPS) is 10.4. The van der Waals surface area contributed by atoms with Crippen LogP contribution in [0.1, 0.15) is 56.7 Å². The number of hydrogen-bond donors (Lipinski definition) is 0. The molecule has 2 rings (SSSR count). The number of nitriles is 1. The van der Waals surface area contributed by atoms with E-state index in [1.807, 2.05) is 30.5 Å². The largest absolute Gasteiger partial charge is 0.261 e. The van der Waals surface area contributed by atoms with E-state index in [1.54, 1.807) is 0 Å². The van der Waals surface area contributed by atoms with Gasteiger partial charge in [-0.25, -0.2) is 0 Å². The van der Waals surface area contributed by atoms with Crippen molar-refractivity contribution in [2.75, 3.05) is 0 Å². The Morgan fingerprint density at radius 3 is 2.18 bits per heavy atom. The number of nitrogens with zero attached hydrogens (tertiary/aromatic N) is 2. The third-order valence-corrected chi connectivity index (χ3v) is 3.96. The van der Waals surface area contributed by atoms with Crippen LogP contribution in [-0.2, 0) is 6.42 Å². The molecule has 1 heterocycles. The molecule has 0 saturated carbocycles. The summed E-state index contributed by atoms with van der Waals surface area (Å²) in [5.41, 5.74) is 4.08. The Balaban J connectivity index is 1.83. The second-order valence-corrected chi connectivity index (χ2v) is 5.75. The smallest absolute Gasteiger partial charge is 0.0991 e. The molecule has 2 heteroatoms. The SMILES string of the molecule is CCCCCCCCc1ccc(-c2ccc(C#N)cc2)cn1. The minimum Gasteiger partial charge on any atom is -0.261 e. The first-order valence-electron chi connectivity index (χ1n) is 8.29. The Bertz CT molecular complexity index is 591. The maximum absolute atomic E-state index is 8.82. The highest BCUT2D eigenvalue weighted by Gasteiger charge is 2.00. The van der Waals surface area contributed by atoms with Crippen molar-refractivity contribution in [1.82, 2.24) is 4.98 Å². The highest BCUT2D eigenvalue weighted by atomic mass is 14.7. The number of hydrogen-bond acceptors (Lipinski definition) is 2. The zero-order valence-corrected chi connectivity index (χ0v) is 13.4. The standard InChI is InChI=1S/C20H24N2/c1-2-3-4-5-6-7-8-20-14-13-19(16-22-20)18-11-9-17(15-21)10-12-18/h9-14,16H,2-8H2,1H3. The maximum Gasteiger partial charge on any atom is 0.0991 e. The molecule has 0 atom stereocenters. The van der Waals surface area contributed by atoms with Gasteiger partial charge < -0.3 is 0 Å². The van der Waals surface area contributed by atoms with E-state index >= 15 is 0 Å². The Hall–Kier alpha value is -2.14. The van der Waals surface area contributed by atoms with Crippen LogP contribution in [0.5, 0.6) is 0 Å². The summed E-state index contributed by atoms with van der Waals surface area (Å²) in [5.74, 6) is 0. The van der Waals surface area contributed by atoms with Gasteiger partial charge in [-0.3, -0.25) is 4.98 Å². The van der Waals surface area contributed by atoms with Crippen molar-refractivity contribution in [3.63, 3.8) is 0 Å². The summed E-state index contributed by atoms with van der Waals surface area (Å²) in [5, 5.41) is 8.82. The van der Waals surface area contributed by atoms with E-state index in [2.05, 4.69) is 30.1 Å². The van der Waals surface area contributed by atoms with Crippen molar-refractivity contribution in [3.8, 4) is 17.2 Å². The molecule has 22 heavy (non-hydrogen) atoms. The van der Waals surface area contributed by atoms with Crippen LogP contribution < -0.4 is 0 Å². The quantitative estimate of drug-likeness (QED) is 0.600. The first-order valence-corrected chi connectivity index (χ1v) is 8.29. The lowest BCUT2D eigenvalue weighted by atomic mass is 10.0. The third kappa shape index (κ3) is 5.00. The van der Waals surface area contributed by atoms with Crippen LogP contribution in [0.4, 0.5) is 0 Å². The van der Waals surface area contributed by atoms with Crippen LogP contribution in [0.2, 0.25) is 0 Å². The molecule has 2 aromatic rings. The van der Waals surface area contributed by atoms with E-state index in [-0.39, 0.29) is 0 Å². The molecule has 0 unspecified atom stereocenters. The van der Waals surface area contributed by atoms with Gasteiger partial charge in [-0.05, 0) is 36.6 Å². The number of aromatic nitrogens is 1. The van der Waals surface area contributed by atoms with E-state index < -0.39 is 0 Å². The number of rotatable bonds is 8. The van der Waals surface area contributed by atoms with E-state index in [0.717, 1.165) is 17.5 Å². The Morgan fingerprint density at radius 2 is 1.55 bits per heavy atom. The van der Waals surface area contributed by atoms with E-state index in [9.17, 15) is 0 Å². The van der Waals surface area contributed by atoms with Crippen LogP contribution >= 0.6 is 0 Å². The van der Waals surface area contributed by atoms with Crippen molar-refractivity contribution < 1.29 is 0 Å². The van der Waals surface area contributed by atoms with Gasteiger partial charge in [0.25, 0.3) is 0 Å². The van der Waals surface area contributed by atoms with Crippen LogP contribution in [0.3, 0.4) is 0 Å². The van der Waals surface area contributed by atoms with E-state index in [1.165, 1.54) is 44.2 Å². The molecule has 0 bridgehead atoms. The number of pyridine rings is 1. The molecule has 0 fully saturated rings. The van der Waals surface area contributed by atoms with Crippen LogP contribution in [-0.4, -0.2) is 4.98 Å². The maximum atomic E-state index is 8.82. The lowest BCUT2D eigenvalue weighted by Gasteiger charge is -2.04. The summed E-state index contributed by atoms with van der Waals surface area (Å²) in [6.07, 6.45) is 10.9. The van der Waals surface area contributed by atoms with E-state index in [0.29, 0.717) is 5.56 Å². The molecule has 0 radical (unpaired) electrons. The fourth-order valence-electron chi connectivity index (χ4n) is 2.57. The molecule has 1 aromatic carbocycles. The highest BCUT2D eigenvalue weighted by Crippen LogP contribution is 2.19. The van der Waals surface area contributed by atoms with Gasteiger partial charge in [-0.15, -0.1) is 0 Å². The predicted molar refractivity (Wildman–Crippen MR) is 91.5 cm³/mol. The summed E-state index contributed by atoms with van der Waals surface area (Å²) in [7, 11) is 0. The van der Waals surface area contributed by atoms with Crippen molar-refractivity contribution in [1.29, 1.82) is 5.26 Å². The summed E-state index contributed by atoms with van der Waals surface area (Å²) >= 11 is 0. The molecule has 114 valence electrons. The molecule has 0 N–H and O–H groups in total. The monoisotopic (exact) mass is 292 g/mol. The number of benzene rings is 1. The second-order valence-electron chi connectivity index (χ2n) is 5.75. The topological polar surface area (TPSA) is 36.7 Å². The molecule has 0 amide bonds. The van der Waals surface area contributed by atoms with E-state index in [4.69, 9.17) is 5.26 Å². The summed E-state index contributed by atoms with van der Waals surface area (Å²) < 4.78 is 0. The van der Waals surface area contributed by atoms with Crippen LogP contribution in [0.15, 0.2) is 42.6 Å². The molecule has 0 spiro atoms. The van der Waals surface area contributed by atoms with Gasteiger partial charge in [-0.2, -0.15) is 5.26 Å². The van der Waals surface area contributed by atoms with Crippen molar-refractivity contribution in [2.24, 2.45) is 0 Å². The Morgan fingerprint density at radius 1 is 0.864 bits per heavy atom. The molecule has 0 aliphatic carbocycles. The lowest BCUT2D eigenvalue weighted by Crippen LogP contribution is -1.91. The summed E-state index contributed by atoms with van der Waals surface area (Å²) in [6, 6.07) is 14.0. The van der Waals surface area contributed by atoms with Gasteiger partial charge in [0.2, 0.25) is 0 Å². The van der Waals surface area contributed by atoms with Gasteiger partial charge in [0.15, 0.2) is 0 Å². The summed E-state index contributed by atoms with van der Waals surface area (Å²) in [6.45, 7) is 2.25. The Labute approximate surface area is 133 Å². The molecular weight excluding hydrogens is 268 g/mol. The molecule has 0 saturated heterocycles. The van der Waals surface area contributed by atoms with Crippen molar-refractivity contribution in [3.05, 3.63) is 53.9 Å². The average molecular weight is 292 g/mol. The number of unbranched alkanes of at least 4 members (excludes halogenated alkanes) is 5. The summed E-state index contributed by atoms with van der Waals surface area (Å²) in [4.78, 5) is 4.57. The van der Waals surface area contributed by atoms with Gasteiger partial charge in [0.1, 0.15) is 0 Å². The fraction of sp³-hybridized carbons (Fsp3) is 0.400. The third-order valence-electron chi connectivity index (χ3n) is 3.96. The van der Waals surface area contributed by atoms with Crippen LogP contribution in [0, 0.1) is 11.3 Å². The second kappa shape index (κ2) is 9.00. The van der Waals surface area contributed by atoms with Gasteiger partial charge in [-0.1, -0.05) is 57.2 Å². The van der Waals surface area contributed by atoms with Gasteiger partial charge in [0, 0.05) is 17.5 Å². The minimum absolute atomic E-state index is 0.691. The molecule has 2 nitrogen and oxygen atoms in total. The Kier molecular flexibility index (Phi) is 6.64. The first kappa shape index (κ1) is 16.2. The number of aryl methyl sites for hydroxylation is 1. The predicted octanol–water partition coefficient (Wildman–Crippen LogP) is 5.52. The van der Waals surface area contributed by atoms with Crippen LogP contribution in [0.25, 0.3) is 11.1 Å². The fourth-order valence-corrected chi connectivity index (χ4v) is 2.57. The zero-order valence-electron chi connectivity index (χ0n) is 13.4. The van der Waals surface area contributed by atoms with Crippen molar-refractivity contribution in [2.45, 2.75) is 51.9 Å². The molecule has 0 aliphatic rings. The minimum atomic E-state index is 0.691. The molecular formula is C20H24N2. The van der Waals surface area contributed by atoms with Crippen molar-refractivity contribution >= 4 is 0 Å². The average Bonchev–Trinajstić information content (AvgIpc) is 2.59.